The second-order valence-corrected chi connectivity index (χ2v) is 10.3. The van der Waals surface area contributed by atoms with E-state index in [2.05, 4.69) is 14.9 Å². The Kier molecular flexibility index (Phi) is 4.42. The van der Waals surface area contributed by atoms with Gasteiger partial charge < -0.3 is 9.80 Å². The van der Waals surface area contributed by atoms with Gasteiger partial charge in [-0.1, -0.05) is 0 Å². The molecule has 1 aromatic heterocycles. The van der Waals surface area contributed by atoms with Gasteiger partial charge in [-0.2, -0.15) is 0 Å². The van der Waals surface area contributed by atoms with Crippen molar-refractivity contribution in [1.29, 1.82) is 0 Å². The lowest BCUT2D eigenvalue weighted by atomic mass is 9.60. The molecule has 2 spiro atoms. The predicted octanol–water partition coefficient (Wildman–Crippen LogP) is 0.577. The molecular formula is C18H27N5O3S. The Morgan fingerprint density at radius 2 is 1.74 bits per heavy atom. The van der Waals surface area contributed by atoms with Crippen molar-refractivity contribution in [3.63, 3.8) is 0 Å². The number of sulfonamides is 1. The molecule has 0 aromatic carbocycles. The van der Waals surface area contributed by atoms with Crippen LogP contribution >= 0.6 is 0 Å². The third kappa shape index (κ3) is 2.74. The minimum absolute atomic E-state index is 0.122. The first-order valence-electron chi connectivity index (χ1n) is 9.59. The Hall–Kier alpha value is -1.74. The van der Waals surface area contributed by atoms with E-state index in [1.165, 1.54) is 0 Å². The fourth-order valence-electron chi connectivity index (χ4n) is 5.24. The Morgan fingerprint density at radius 3 is 2.30 bits per heavy atom. The van der Waals surface area contributed by atoms with Crippen molar-refractivity contribution in [3.8, 4) is 0 Å². The minimum Gasteiger partial charge on any atom is -0.345 e. The van der Waals surface area contributed by atoms with E-state index in [1.54, 1.807) is 29.7 Å². The highest BCUT2D eigenvalue weighted by molar-refractivity contribution is 7.89. The molecule has 0 N–H and O–H groups in total. The zero-order valence-electron chi connectivity index (χ0n) is 16.0. The molecule has 1 aromatic rings. The lowest BCUT2D eigenvalue weighted by molar-refractivity contribution is -0.140. The Balaban J connectivity index is 1.66. The summed E-state index contributed by atoms with van der Waals surface area (Å²) in [5, 5.41) is 0. The number of carbonyl (C=O) groups is 1. The van der Waals surface area contributed by atoms with Crippen molar-refractivity contribution in [2.45, 2.75) is 26.2 Å². The molecule has 9 heteroatoms. The van der Waals surface area contributed by atoms with E-state index in [1.807, 2.05) is 11.9 Å². The van der Waals surface area contributed by atoms with Gasteiger partial charge in [0.05, 0.1) is 11.2 Å². The number of hydrogen-bond acceptors (Lipinski definition) is 6. The van der Waals surface area contributed by atoms with Crippen molar-refractivity contribution in [3.05, 3.63) is 18.5 Å². The standard InChI is InChI=1S/C18H27N5O3S/c1-3-27(25,26)23-11-5-17(6-12-23)13-22(16-19-8-4-9-20-16)14-18(17)7-10-21(2)15(18)24/h4,8-9H,3,5-7,10-14H2,1-2H3. The number of hydrogen-bond donors (Lipinski definition) is 0. The average molecular weight is 394 g/mol. The van der Waals surface area contributed by atoms with Gasteiger partial charge in [0.1, 0.15) is 0 Å². The smallest absolute Gasteiger partial charge is 0.231 e. The largest absolute Gasteiger partial charge is 0.345 e. The van der Waals surface area contributed by atoms with E-state index in [9.17, 15) is 13.2 Å². The lowest BCUT2D eigenvalue weighted by Crippen LogP contribution is -2.53. The first-order valence-corrected chi connectivity index (χ1v) is 11.2. The van der Waals surface area contributed by atoms with E-state index >= 15 is 0 Å². The molecule has 3 saturated heterocycles. The molecule has 4 rings (SSSR count). The molecule has 148 valence electrons. The molecule has 3 aliphatic heterocycles. The summed E-state index contributed by atoms with van der Waals surface area (Å²) in [4.78, 5) is 26.0. The number of carbonyl (C=O) groups excluding carboxylic acids is 1. The van der Waals surface area contributed by atoms with Gasteiger partial charge in [0.2, 0.25) is 21.9 Å². The average Bonchev–Trinajstić information content (AvgIpc) is 3.16. The van der Waals surface area contributed by atoms with Gasteiger partial charge >= 0.3 is 0 Å². The molecule has 27 heavy (non-hydrogen) atoms. The monoisotopic (exact) mass is 393 g/mol. The normalized spacial score (nSPS) is 28.6. The van der Waals surface area contributed by atoms with Crippen molar-refractivity contribution < 1.29 is 13.2 Å². The maximum Gasteiger partial charge on any atom is 0.231 e. The van der Waals surface area contributed by atoms with Gasteiger partial charge in [-0.15, -0.1) is 0 Å². The van der Waals surface area contributed by atoms with Crippen molar-refractivity contribution in [1.82, 2.24) is 19.2 Å². The zero-order chi connectivity index (χ0) is 19.3. The van der Waals surface area contributed by atoms with Crippen LogP contribution in [0.3, 0.4) is 0 Å². The molecular weight excluding hydrogens is 366 g/mol. The van der Waals surface area contributed by atoms with Crippen LogP contribution in [-0.2, 0) is 14.8 Å². The van der Waals surface area contributed by atoms with Crippen LogP contribution < -0.4 is 4.90 Å². The van der Waals surface area contributed by atoms with Crippen LogP contribution in [0.2, 0.25) is 0 Å². The predicted molar refractivity (Wildman–Crippen MR) is 102 cm³/mol. The van der Waals surface area contributed by atoms with Crippen LogP contribution in [0.1, 0.15) is 26.2 Å². The number of amides is 1. The van der Waals surface area contributed by atoms with Gasteiger partial charge in [0.25, 0.3) is 0 Å². The summed E-state index contributed by atoms with van der Waals surface area (Å²) >= 11 is 0. The summed E-state index contributed by atoms with van der Waals surface area (Å²) in [5.41, 5.74) is -0.698. The van der Waals surface area contributed by atoms with E-state index < -0.39 is 15.4 Å². The Bertz CT molecular complexity index is 823. The number of aromatic nitrogens is 2. The van der Waals surface area contributed by atoms with E-state index in [0.717, 1.165) is 13.0 Å². The van der Waals surface area contributed by atoms with Crippen molar-refractivity contribution >= 4 is 21.9 Å². The number of rotatable bonds is 3. The number of nitrogens with zero attached hydrogens (tertiary/aromatic N) is 5. The van der Waals surface area contributed by atoms with Crippen molar-refractivity contribution in [2.24, 2.45) is 10.8 Å². The maximum absolute atomic E-state index is 13.2. The summed E-state index contributed by atoms with van der Waals surface area (Å²) in [7, 11) is -1.33. The van der Waals surface area contributed by atoms with Crippen LogP contribution in [0.4, 0.5) is 5.95 Å². The molecule has 0 bridgehead atoms. The molecule has 0 radical (unpaired) electrons. The Morgan fingerprint density at radius 1 is 1.07 bits per heavy atom. The van der Waals surface area contributed by atoms with Crippen LogP contribution in [0.15, 0.2) is 18.5 Å². The van der Waals surface area contributed by atoms with Crippen molar-refractivity contribution in [2.75, 3.05) is 50.4 Å². The molecule has 3 fully saturated rings. The number of fused-ring (bicyclic) bond motifs is 1. The van der Waals surface area contributed by atoms with E-state index in [4.69, 9.17) is 0 Å². The molecule has 4 heterocycles. The highest BCUT2D eigenvalue weighted by Crippen LogP contribution is 2.58. The number of anilines is 1. The third-order valence-corrected chi connectivity index (χ3v) is 8.75. The quantitative estimate of drug-likeness (QED) is 0.747. The van der Waals surface area contributed by atoms with Gasteiger partial charge in [-0.3, -0.25) is 4.79 Å². The molecule has 1 amide bonds. The van der Waals surface area contributed by atoms with Gasteiger partial charge in [0, 0.05) is 57.6 Å². The van der Waals surface area contributed by atoms with Gasteiger partial charge in [-0.05, 0) is 32.3 Å². The highest BCUT2D eigenvalue weighted by atomic mass is 32.2. The number of likely N-dealkylation sites (tertiary alicyclic amines) is 1. The van der Waals surface area contributed by atoms with Crippen LogP contribution in [0.25, 0.3) is 0 Å². The summed E-state index contributed by atoms with van der Waals surface area (Å²) in [6, 6.07) is 1.79. The lowest BCUT2D eigenvalue weighted by Gasteiger charge is -2.46. The fraction of sp³-hybridized carbons (Fsp3) is 0.722. The summed E-state index contributed by atoms with van der Waals surface area (Å²) < 4.78 is 26.2. The Labute approximate surface area is 160 Å². The highest BCUT2D eigenvalue weighted by Gasteiger charge is 2.65. The topological polar surface area (TPSA) is 86.7 Å². The first-order chi connectivity index (χ1) is 12.8. The van der Waals surface area contributed by atoms with Crippen LogP contribution in [0.5, 0.6) is 0 Å². The van der Waals surface area contributed by atoms with E-state index in [-0.39, 0.29) is 17.1 Å². The second-order valence-electron chi connectivity index (χ2n) is 8.04. The second kappa shape index (κ2) is 6.41. The molecule has 1 unspecified atom stereocenters. The van der Waals surface area contributed by atoms with Crippen LogP contribution in [0, 0.1) is 10.8 Å². The molecule has 8 nitrogen and oxygen atoms in total. The van der Waals surface area contributed by atoms with Gasteiger partial charge in [0.15, 0.2) is 0 Å². The molecule has 1 atom stereocenters. The SMILES string of the molecule is CCS(=O)(=O)N1CCC2(CC1)CN(c1ncccn1)CC21CCN(C)C1=O. The maximum atomic E-state index is 13.2. The first kappa shape index (κ1) is 18.6. The summed E-state index contributed by atoms with van der Waals surface area (Å²) in [6.07, 6.45) is 5.66. The fourth-order valence-corrected chi connectivity index (χ4v) is 6.35. The molecule has 3 aliphatic rings. The minimum atomic E-state index is -3.19. The molecule has 0 saturated carbocycles. The zero-order valence-corrected chi connectivity index (χ0v) is 16.8. The third-order valence-electron chi connectivity index (χ3n) is 6.87. The number of piperidine rings is 1. The molecule has 0 aliphatic carbocycles. The van der Waals surface area contributed by atoms with Gasteiger partial charge in [-0.25, -0.2) is 22.7 Å². The van der Waals surface area contributed by atoms with Crippen LogP contribution in [-0.4, -0.2) is 79.0 Å². The summed E-state index contributed by atoms with van der Waals surface area (Å²) in [5.74, 6) is 0.962. The van der Waals surface area contributed by atoms with E-state index in [0.29, 0.717) is 45.0 Å². The summed E-state index contributed by atoms with van der Waals surface area (Å²) in [6.45, 7) is 4.72.